The first-order chi connectivity index (χ1) is 9.77. The van der Waals surface area contributed by atoms with Crippen LogP contribution >= 0.6 is 0 Å². The van der Waals surface area contributed by atoms with Crippen LogP contribution in [-0.4, -0.2) is 16.0 Å². The molecule has 0 fully saturated rings. The molecule has 0 saturated heterocycles. The summed E-state index contributed by atoms with van der Waals surface area (Å²) in [5, 5.41) is 3.87. The van der Waals surface area contributed by atoms with Crippen molar-refractivity contribution >= 4 is 10.8 Å². The molecule has 2 rings (SSSR count). The van der Waals surface area contributed by atoms with Gasteiger partial charge in [-0.3, -0.25) is 4.21 Å². The molecule has 0 aliphatic carbocycles. The molecule has 21 heavy (non-hydrogen) atoms. The Morgan fingerprint density at radius 3 is 2.48 bits per heavy atom. The Hall–Kier alpha value is -0.670. The molecular weight excluding hydrogens is 278 g/mol. The summed E-state index contributed by atoms with van der Waals surface area (Å²) in [5.41, 5.74) is 2.70. The molecule has 1 aromatic rings. The Bertz CT molecular complexity index is 533. The molecule has 2 nitrogen and oxygen atoms in total. The van der Waals surface area contributed by atoms with E-state index in [-0.39, 0.29) is 10.7 Å². The van der Waals surface area contributed by atoms with Gasteiger partial charge in [0.15, 0.2) is 0 Å². The number of benzene rings is 1. The number of rotatable bonds is 3. The molecule has 1 heterocycles. The van der Waals surface area contributed by atoms with Gasteiger partial charge in [-0.1, -0.05) is 53.7 Å². The summed E-state index contributed by atoms with van der Waals surface area (Å²) in [6.07, 6.45) is 1.12. The smallest absolute Gasteiger partial charge is 0.0564 e. The largest absolute Gasteiger partial charge is 0.310 e. The third-order valence-electron chi connectivity index (χ3n) is 4.65. The minimum atomic E-state index is -0.891. The molecule has 4 atom stereocenters. The molecule has 1 aromatic carbocycles. The van der Waals surface area contributed by atoms with Crippen LogP contribution in [0.2, 0.25) is 0 Å². The maximum atomic E-state index is 12.7. The Balaban J connectivity index is 2.50. The zero-order valence-corrected chi connectivity index (χ0v) is 15.0. The van der Waals surface area contributed by atoms with Crippen LogP contribution < -0.4 is 5.32 Å². The summed E-state index contributed by atoms with van der Waals surface area (Å²) in [4.78, 5) is 1.03. The van der Waals surface area contributed by atoms with Gasteiger partial charge in [0.1, 0.15) is 0 Å². The van der Waals surface area contributed by atoms with Crippen molar-refractivity contribution in [3.05, 3.63) is 29.3 Å². The summed E-state index contributed by atoms with van der Waals surface area (Å²) < 4.78 is 12.7. The minimum absolute atomic E-state index is 0.123. The van der Waals surface area contributed by atoms with Gasteiger partial charge in [-0.2, -0.15) is 0 Å². The van der Waals surface area contributed by atoms with Crippen LogP contribution in [0.4, 0.5) is 0 Å². The van der Waals surface area contributed by atoms with Gasteiger partial charge >= 0.3 is 0 Å². The number of hydrogen-bond donors (Lipinski definition) is 1. The summed E-state index contributed by atoms with van der Waals surface area (Å²) in [6, 6.07) is 6.84. The highest BCUT2D eigenvalue weighted by atomic mass is 32.2. The fourth-order valence-corrected chi connectivity index (χ4v) is 4.55. The predicted molar refractivity (Wildman–Crippen MR) is 91.2 cm³/mol. The lowest BCUT2D eigenvalue weighted by Crippen LogP contribution is -2.39. The maximum Gasteiger partial charge on any atom is 0.0564 e. The molecule has 0 spiro atoms. The summed E-state index contributed by atoms with van der Waals surface area (Å²) >= 11 is 0. The molecule has 0 amide bonds. The van der Waals surface area contributed by atoms with Crippen molar-refractivity contribution in [1.29, 1.82) is 0 Å². The Labute approximate surface area is 132 Å². The van der Waals surface area contributed by atoms with Crippen LogP contribution in [0.3, 0.4) is 0 Å². The van der Waals surface area contributed by atoms with Gasteiger partial charge in [0.25, 0.3) is 0 Å². The SMILES string of the molecule is CCCNC1c2cc(C(C)(C)C)ccc2S(=O)C(C)C1C. The average molecular weight is 308 g/mol. The van der Waals surface area contributed by atoms with Crippen molar-refractivity contribution in [3.8, 4) is 0 Å². The van der Waals surface area contributed by atoms with Crippen molar-refractivity contribution in [2.45, 2.75) is 69.6 Å². The molecule has 1 N–H and O–H groups in total. The fourth-order valence-electron chi connectivity index (χ4n) is 2.99. The van der Waals surface area contributed by atoms with Gasteiger partial charge in [0, 0.05) is 16.2 Å². The monoisotopic (exact) mass is 307 g/mol. The van der Waals surface area contributed by atoms with Gasteiger partial charge in [-0.05, 0) is 41.5 Å². The first kappa shape index (κ1) is 16.7. The lowest BCUT2D eigenvalue weighted by molar-refractivity contribution is 0.366. The molecule has 118 valence electrons. The first-order valence-corrected chi connectivity index (χ1v) is 9.27. The molecule has 0 saturated carbocycles. The number of nitrogens with one attached hydrogen (secondary N) is 1. The number of fused-ring (bicyclic) bond motifs is 1. The van der Waals surface area contributed by atoms with E-state index in [0.717, 1.165) is 17.9 Å². The van der Waals surface area contributed by atoms with Crippen molar-refractivity contribution in [3.63, 3.8) is 0 Å². The van der Waals surface area contributed by atoms with Crippen LogP contribution in [0.1, 0.15) is 65.1 Å². The van der Waals surface area contributed by atoms with Crippen molar-refractivity contribution in [2.24, 2.45) is 5.92 Å². The van der Waals surface area contributed by atoms with Crippen LogP contribution in [0.15, 0.2) is 23.1 Å². The second kappa shape index (κ2) is 6.21. The fraction of sp³-hybridized carbons (Fsp3) is 0.667. The van der Waals surface area contributed by atoms with E-state index in [1.165, 1.54) is 11.1 Å². The van der Waals surface area contributed by atoms with E-state index in [9.17, 15) is 4.21 Å². The predicted octanol–water partition coefficient (Wildman–Crippen LogP) is 4.17. The summed E-state index contributed by atoms with van der Waals surface area (Å²) in [5.74, 6) is 0.389. The Morgan fingerprint density at radius 1 is 1.24 bits per heavy atom. The molecule has 1 aliphatic rings. The normalized spacial score (nSPS) is 29.2. The lowest BCUT2D eigenvalue weighted by atomic mass is 9.83. The molecule has 0 radical (unpaired) electrons. The molecule has 3 heteroatoms. The van der Waals surface area contributed by atoms with Crippen LogP contribution in [0, 0.1) is 5.92 Å². The highest BCUT2D eigenvalue weighted by molar-refractivity contribution is 7.85. The van der Waals surface area contributed by atoms with E-state index in [2.05, 4.69) is 65.1 Å². The standard InChI is InChI=1S/C18H29NOS/c1-7-10-19-17-12(2)13(3)21(20)16-9-8-14(11-15(16)17)18(4,5)6/h8-9,11-13,17,19H,7,10H2,1-6H3. The van der Waals surface area contributed by atoms with Gasteiger partial charge in [-0.25, -0.2) is 0 Å². The van der Waals surface area contributed by atoms with Crippen molar-refractivity contribution < 1.29 is 4.21 Å². The molecule has 0 aromatic heterocycles. The second-order valence-corrected chi connectivity index (χ2v) is 9.07. The van der Waals surface area contributed by atoms with E-state index >= 15 is 0 Å². The summed E-state index contributed by atoms with van der Waals surface area (Å²) in [7, 11) is -0.891. The van der Waals surface area contributed by atoms with Crippen molar-refractivity contribution in [2.75, 3.05) is 6.54 Å². The van der Waals surface area contributed by atoms with Gasteiger partial charge in [-0.15, -0.1) is 0 Å². The quantitative estimate of drug-likeness (QED) is 0.908. The van der Waals surface area contributed by atoms with E-state index in [1.807, 2.05) is 0 Å². The van der Waals surface area contributed by atoms with E-state index < -0.39 is 10.8 Å². The van der Waals surface area contributed by atoms with Crippen LogP contribution in [-0.2, 0) is 16.2 Å². The van der Waals surface area contributed by atoms with Crippen LogP contribution in [0.5, 0.6) is 0 Å². The molecule has 4 unspecified atom stereocenters. The zero-order chi connectivity index (χ0) is 15.8. The third-order valence-corrected chi connectivity index (χ3v) is 6.56. The zero-order valence-electron chi connectivity index (χ0n) is 14.2. The summed E-state index contributed by atoms with van der Waals surface area (Å²) in [6.45, 7) is 14.2. The highest BCUT2D eigenvalue weighted by Gasteiger charge is 2.36. The second-order valence-electron chi connectivity index (χ2n) is 7.30. The lowest BCUT2D eigenvalue weighted by Gasteiger charge is -2.37. The van der Waals surface area contributed by atoms with E-state index in [4.69, 9.17) is 0 Å². The van der Waals surface area contributed by atoms with E-state index in [0.29, 0.717) is 12.0 Å². The topological polar surface area (TPSA) is 29.1 Å². The highest BCUT2D eigenvalue weighted by Crippen LogP contribution is 2.40. The average Bonchev–Trinajstić information content (AvgIpc) is 2.43. The minimum Gasteiger partial charge on any atom is -0.310 e. The molecule has 1 aliphatic heterocycles. The molecule has 0 bridgehead atoms. The van der Waals surface area contributed by atoms with Gasteiger partial charge < -0.3 is 5.32 Å². The van der Waals surface area contributed by atoms with Crippen LogP contribution in [0.25, 0.3) is 0 Å². The number of hydrogen-bond acceptors (Lipinski definition) is 2. The first-order valence-electron chi connectivity index (χ1n) is 8.05. The Kier molecular flexibility index (Phi) is 4.94. The molecular formula is C18H29NOS. The third kappa shape index (κ3) is 3.24. The maximum absolute atomic E-state index is 12.7. The van der Waals surface area contributed by atoms with Crippen molar-refractivity contribution in [1.82, 2.24) is 5.32 Å². The Morgan fingerprint density at radius 2 is 1.90 bits per heavy atom. The van der Waals surface area contributed by atoms with Gasteiger partial charge in [0.05, 0.1) is 10.8 Å². The van der Waals surface area contributed by atoms with E-state index in [1.54, 1.807) is 0 Å². The van der Waals surface area contributed by atoms with Gasteiger partial charge in [0.2, 0.25) is 0 Å².